The zero-order valence-corrected chi connectivity index (χ0v) is 20.3. The fraction of sp³-hybridized carbons (Fsp3) is 0.458. The molecule has 0 spiro atoms. The minimum atomic E-state index is -0.167. The highest BCUT2D eigenvalue weighted by molar-refractivity contribution is 8.00. The second kappa shape index (κ2) is 16.0. The fourth-order valence-corrected chi connectivity index (χ4v) is 3.84. The van der Waals surface area contributed by atoms with Crippen LogP contribution in [0.1, 0.15) is 46.1 Å². The van der Waals surface area contributed by atoms with Gasteiger partial charge in [0.05, 0.1) is 25.3 Å². The Balaban J connectivity index is 0.00000218. The molecule has 0 heterocycles. The van der Waals surface area contributed by atoms with Gasteiger partial charge in [0.1, 0.15) is 16.7 Å². The van der Waals surface area contributed by atoms with Gasteiger partial charge in [0.15, 0.2) is 0 Å². The van der Waals surface area contributed by atoms with Crippen LogP contribution < -0.4 is 8.92 Å². The smallest absolute Gasteiger partial charge is 0.319 e. The van der Waals surface area contributed by atoms with Crippen molar-refractivity contribution in [1.29, 1.82) is 0 Å². The third-order valence-corrected chi connectivity index (χ3v) is 5.72. The van der Waals surface area contributed by atoms with Crippen LogP contribution in [0.5, 0.6) is 11.5 Å². The number of rotatable bonds is 12. The van der Waals surface area contributed by atoms with Crippen molar-refractivity contribution in [3.05, 3.63) is 54.1 Å². The van der Waals surface area contributed by atoms with Gasteiger partial charge >= 0.3 is 5.97 Å². The summed E-state index contributed by atoms with van der Waals surface area (Å²) in [6.45, 7) is 8.90. The molecule has 2 aromatic rings. The molecule has 0 fully saturated rings. The van der Waals surface area contributed by atoms with Crippen molar-refractivity contribution in [2.75, 3.05) is 19.5 Å². The molecule has 1 atom stereocenters. The van der Waals surface area contributed by atoms with Gasteiger partial charge in [-0.1, -0.05) is 32.9 Å². The summed E-state index contributed by atoms with van der Waals surface area (Å²) in [7, 11) is 0. The van der Waals surface area contributed by atoms with Gasteiger partial charge in [-0.25, -0.2) is 0 Å². The van der Waals surface area contributed by atoms with Gasteiger partial charge in [0.25, 0.3) is 0 Å². The van der Waals surface area contributed by atoms with Gasteiger partial charge in [0.2, 0.25) is 0 Å². The van der Waals surface area contributed by atoms with E-state index in [1.165, 1.54) is 29.4 Å². The van der Waals surface area contributed by atoms with Crippen LogP contribution in [-0.4, -0.2) is 30.7 Å². The quantitative estimate of drug-likeness (QED) is 0.153. The molecule has 0 bridgehead atoms. The molecule has 4 nitrogen and oxygen atoms in total. The topological polar surface area (TPSA) is 44.8 Å². The van der Waals surface area contributed by atoms with Gasteiger partial charge in [-0.2, -0.15) is 0 Å². The Labute approximate surface area is 190 Å². The highest BCUT2D eigenvalue weighted by Crippen LogP contribution is 2.28. The first-order valence-corrected chi connectivity index (χ1v) is 12.5. The minimum absolute atomic E-state index is 0.150. The molecular weight excluding hydrogens is 416 g/mol. The fourth-order valence-electron chi connectivity index (χ4n) is 2.59. The molecule has 0 aliphatic heterocycles. The number of hydrogen-bond donors (Lipinski definition) is 0. The van der Waals surface area contributed by atoms with Gasteiger partial charge in [-0.3, -0.25) is 4.79 Å². The molecule has 0 amide bonds. The summed E-state index contributed by atoms with van der Waals surface area (Å²) in [6, 6.07) is 16.0. The highest BCUT2D eigenvalue weighted by Gasteiger charge is 2.18. The molecule has 0 aromatic heterocycles. The lowest BCUT2D eigenvalue weighted by Crippen LogP contribution is -2.19. The molecule has 2 aromatic carbocycles. The van der Waals surface area contributed by atoms with Gasteiger partial charge in [-0.05, 0) is 68.1 Å². The van der Waals surface area contributed by atoms with Crippen LogP contribution >= 0.6 is 23.8 Å². The number of thioether (sulfide) groups is 1. The van der Waals surface area contributed by atoms with E-state index in [1.807, 2.05) is 70.3 Å². The molecule has 0 saturated carbocycles. The van der Waals surface area contributed by atoms with Gasteiger partial charge < -0.3 is 13.7 Å². The van der Waals surface area contributed by atoms with Crippen molar-refractivity contribution in [3.63, 3.8) is 0 Å². The Morgan fingerprint density at radius 2 is 1.60 bits per heavy atom. The summed E-state index contributed by atoms with van der Waals surface area (Å²) < 4.78 is 16.3. The molecule has 0 aliphatic carbocycles. The molecule has 30 heavy (non-hydrogen) atoms. The first kappa shape index (κ1) is 26.2. The third-order valence-electron chi connectivity index (χ3n) is 4.00. The molecule has 0 radical (unpaired) electrons. The average molecular weight is 451 g/mol. The van der Waals surface area contributed by atoms with E-state index in [2.05, 4.69) is 12.1 Å². The van der Waals surface area contributed by atoms with E-state index in [1.54, 1.807) is 0 Å². The number of benzene rings is 2. The van der Waals surface area contributed by atoms with E-state index in [9.17, 15) is 4.79 Å². The molecule has 166 valence electrons. The van der Waals surface area contributed by atoms with E-state index in [0.29, 0.717) is 13.2 Å². The maximum Gasteiger partial charge on any atom is 0.319 e. The number of hydrogen-bond acceptors (Lipinski definition) is 6. The van der Waals surface area contributed by atoms with Gasteiger partial charge in [0, 0.05) is 11.2 Å². The number of carbonyl (C=O) groups is 1. The van der Waals surface area contributed by atoms with Crippen molar-refractivity contribution in [2.24, 2.45) is 0 Å². The van der Waals surface area contributed by atoms with Crippen LogP contribution in [0.4, 0.5) is 0 Å². The molecule has 0 saturated heterocycles. The first-order chi connectivity index (χ1) is 14.7. The first-order valence-electron chi connectivity index (χ1n) is 10.5. The SMILES string of the molecule is CC.CCOC(=O)C(CC)Sc1ccc(OCCCc2ccc(OSC)cc2)cc1. The van der Waals surface area contributed by atoms with E-state index in [0.717, 1.165) is 35.7 Å². The van der Waals surface area contributed by atoms with Crippen LogP contribution in [0, 0.1) is 0 Å². The van der Waals surface area contributed by atoms with E-state index < -0.39 is 0 Å². The van der Waals surface area contributed by atoms with Crippen LogP contribution in [0.25, 0.3) is 0 Å². The number of aryl methyl sites for hydroxylation is 1. The highest BCUT2D eigenvalue weighted by atomic mass is 32.2. The Morgan fingerprint density at radius 1 is 0.967 bits per heavy atom. The van der Waals surface area contributed by atoms with Crippen molar-refractivity contribution < 1.29 is 18.5 Å². The lowest BCUT2D eigenvalue weighted by Gasteiger charge is -2.13. The summed E-state index contributed by atoms with van der Waals surface area (Å²) >= 11 is 2.88. The maximum atomic E-state index is 11.9. The maximum absolute atomic E-state index is 11.9. The predicted molar refractivity (Wildman–Crippen MR) is 129 cm³/mol. The zero-order valence-electron chi connectivity index (χ0n) is 18.7. The van der Waals surface area contributed by atoms with Crippen molar-refractivity contribution in [1.82, 2.24) is 0 Å². The number of esters is 1. The molecule has 0 aliphatic rings. The second-order valence-corrected chi connectivity index (χ2v) is 7.86. The largest absolute Gasteiger partial charge is 0.494 e. The van der Waals surface area contributed by atoms with Crippen molar-refractivity contribution >= 4 is 29.8 Å². The lowest BCUT2D eigenvalue weighted by atomic mass is 10.1. The zero-order chi connectivity index (χ0) is 22.2. The molecular formula is C24H34O4S2. The van der Waals surface area contributed by atoms with Crippen molar-refractivity contribution in [2.45, 2.75) is 57.1 Å². The van der Waals surface area contributed by atoms with Crippen molar-refractivity contribution in [3.8, 4) is 11.5 Å². The second-order valence-electron chi connectivity index (χ2n) is 6.08. The van der Waals surface area contributed by atoms with Gasteiger partial charge in [-0.15, -0.1) is 11.8 Å². The lowest BCUT2D eigenvalue weighted by molar-refractivity contribution is -0.142. The molecule has 1 unspecified atom stereocenters. The Hall–Kier alpha value is -1.79. The monoisotopic (exact) mass is 450 g/mol. The summed E-state index contributed by atoms with van der Waals surface area (Å²) in [6.07, 6.45) is 4.55. The Morgan fingerprint density at radius 3 is 2.17 bits per heavy atom. The van der Waals surface area contributed by atoms with Crippen LogP contribution in [0.2, 0.25) is 0 Å². The van der Waals surface area contributed by atoms with Crippen LogP contribution in [0.3, 0.4) is 0 Å². The molecule has 2 rings (SSSR count). The predicted octanol–water partition coefficient (Wildman–Crippen LogP) is 6.82. The van der Waals surface area contributed by atoms with Crippen LogP contribution in [-0.2, 0) is 16.0 Å². The standard InChI is InChI=1S/C22H28O4S2.C2H6/c1-4-21(22(23)24-5-2)28-20-14-12-18(13-15-20)25-16-6-7-17-8-10-19(11-9-17)26-27-3;1-2/h8-15,21H,4-7,16H2,1-3H3;1-2H3. The normalized spacial score (nSPS) is 11.1. The Bertz CT molecular complexity index is 702. The summed E-state index contributed by atoms with van der Waals surface area (Å²) in [5.41, 5.74) is 1.27. The number of ether oxygens (including phenoxy) is 2. The molecule has 0 N–H and O–H groups in total. The summed E-state index contributed by atoms with van der Waals surface area (Å²) in [4.78, 5) is 13.0. The van der Waals surface area contributed by atoms with E-state index in [-0.39, 0.29) is 11.2 Å². The van der Waals surface area contributed by atoms with E-state index in [4.69, 9.17) is 13.7 Å². The molecule has 6 heteroatoms. The average Bonchev–Trinajstić information content (AvgIpc) is 2.79. The Kier molecular flexibility index (Phi) is 14.0. The van der Waals surface area contributed by atoms with Crippen LogP contribution in [0.15, 0.2) is 53.4 Å². The number of carbonyl (C=O) groups excluding carboxylic acids is 1. The minimum Gasteiger partial charge on any atom is -0.494 e. The third kappa shape index (κ3) is 9.81. The summed E-state index contributed by atoms with van der Waals surface area (Å²) in [5, 5.41) is -0.167. The van der Waals surface area contributed by atoms with E-state index >= 15 is 0 Å². The summed E-state index contributed by atoms with van der Waals surface area (Å²) in [5.74, 6) is 1.57.